The zero-order valence-corrected chi connectivity index (χ0v) is 18.9. The van der Waals surface area contributed by atoms with Gasteiger partial charge in [0, 0.05) is 13.7 Å². The number of methoxy groups -OCH3 is 1. The molecule has 164 valence electrons. The van der Waals surface area contributed by atoms with E-state index in [1.807, 2.05) is 20.8 Å². The first-order chi connectivity index (χ1) is 14.1. The summed E-state index contributed by atoms with van der Waals surface area (Å²) < 4.78 is 37.1. The lowest BCUT2D eigenvalue weighted by Gasteiger charge is -2.18. The van der Waals surface area contributed by atoms with Crippen LogP contribution in [-0.4, -0.2) is 41.2 Å². The Labute approximate surface area is 178 Å². The van der Waals surface area contributed by atoms with E-state index in [0.717, 1.165) is 11.1 Å². The Morgan fingerprint density at radius 3 is 2.30 bits per heavy atom. The molecule has 0 saturated heterocycles. The Balaban J connectivity index is 1.91. The van der Waals surface area contributed by atoms with Crippen molar-refractivity contribution in [2.24, 2.45) is 0 Å². The molecular weight excluding hydrogens is 404 g/mol. The maximum atomic E-state index is 12.3. The van der Waals surface area contributed by atoms with Crippen molar-refractivity contribution in [3.05, 3.63) is 58.7 Å². The molecule has 0 aliphatic rings. The SMILES string of the molecule is COCCNS(=O)(=O)c1ccc(OCC(=O)N[C@H](C)c2cc(C)c(C)cc2C)cc1. The van der Waals surface area contributed by atoms with Gasteiger partial charge in [-0.25, -0.2) is 13.1 Å². The Kier molecular flexibility index (Phi) is 8.40. The summed E-state index contributed by atoms with van der Waals surface area (Å²) in [6, 6.07) is 9.97. The second-order valence-electron chi connectivity index (χ2n) is 7.23. The van der Waals surface area contributed by atoms with E-state index in [1.165, 1.54) is 42.5 Å². The Morgan fingerprint density at radius 1 is 1.03 bits per heavy atom. The van der Waals surface area contributed by atoms with E-state index in [9.17, 15) is 13.2 Å². The molecule has 1 atom stereocenters. The number of carbonyl (C=O) groups is 1. The van der Waals surface area contributed by atoms with Crippen molar-refractivity contribution in [2.45, 2.75) is 38.6 Å². The van der Waals surface area contributed by atoms with Gasteiger partial charge in [0.25, 0.3) is 5.91 Å². The summed E-state index contributed by atoms with van der Waals surface area (Å²) in [5, 5.41) is 2.94. The monoisotopic (exact) mass is 434 g/mol. The molecule has 2 rings (SSSR count). The molecule has 30 heavy (non-hydrogen) atoms. The number of hydrogen-bond acceptors (Lipinski definition) is 5. The molecule has 0 saturated carbocycles. The van der Waals surface area contributed by atoms with E-state index < -0.39 is 10.0 Å². The predicted molar refractivity (Wildman–Crippen MR) is 116 cm³/mol. The van der Waals surface area contributed by atoms with Crippen LogP contribution in [0.25, 0.3) is 0 Å². The number of hydrogen-bond donors (Lipinski definition) is 2. The number of nitrogens with one attached hydrogen (secondary N) is 2. The Bertz CT molecular complexity index is 972. The number of benzene rings is 2. The summed E-state index contributed by atoms with van der Waals surface area (Å²) in [6.07, 6.45) is 0. The Morgan fingerprint density at radius 2 is 1.67 bits per heavy atom. The molecular formula is C22H30N2O5S. The number of ether oxygens (including phenoxy) is 2. The summed E-state index contributed by atoms with van der Waals surface area (Å²) in [4.78, 5) is 12.4. The molecule has 1 amide bonds. The average Bonchev–Trinajstić information content (AvgIpc) is 2.69. The predicted octanol–water partition coefficient (Wildman–Crippen LogP) is 2.79. The minimum atomic E-state index is -3.60. The quantitative estimate of drug-likeness (QED) is 0.561. The molecule has 2 aromatic rings. The summed E-state index contributed by atoms with van der Waals surface area (Å²) in [6.45, 7) is 8.39. The van der Waals surface area contributed by atoms with Crippen LogP contribution in [0.1, 0.15) is 35.2 Å². The van der Waals surface area contributed by atoms with Crippen molar-refractivity contribution in [2.75, 3.05) is 26.9 Å². The number of sulfonamides is 1. The zero-order valence-electron chi connectivity index (χ0n) is 18.1. The lowest BCUT2D eigenvalue weighted by molar-refractivity contribution is -0.123. The topological polar surface area (TPSA) is 93.7 Å². The largest absolute Gasteiger partial charge is 0.484 e. The van der Waals surface area contributed by atoms with Crippen LogP contribution >= 0.6 is 0 Å². The van der Waals surface area contributed by atoms with Gasteiger partial charge in [-0.1, -0.05) is 12.1 Å². The smallest absolute Gasteiger partial charge is 0.258 e. The van der Waals surface area contributed by atoms with Gasteiger partial charge in [0.1, 0.15) is 5.75 Å². The first-order valence-corrected chi connectivity index (χ1v) is 11.2. The fourth-order valence-electron chi connectivity index (χ4n) is 3.04. The van der Waals surface area contributed by atoms with Gasteiger partial charge in [-0.3, -0.25) is 4.79 Å². The second kappa shape index (κ2) is 10.6. The van der Waals surface area contributed by atoms with Crippen molar-refractivity contribution >= 4 is 15.9 Å². The fraction of sp³-hybridized carbons (Fsp3) is 0.409. The van der Waals surface area contributed by atoms with Crippen LogP contribution in [0.2, 0.25) is 0 Å². The van der Waals surface area contributed by atoms with Crippen LogP contribution < -0.4 is 14.8 Å². The number of aryl methyl sites for hydroxylation is 3. The van der Waals surface area contributed by atoms with Crippen LogP contribution in [-0.2, 0) is 19.6 Å². The number of amides is 1. The van der Waals surface area contributed by atoms with E-state index in [0.29, 0.717) is 5.75 Å². The zero-order chi connectivity index (χ0) is 22.3. The molecule has 0 aromatic heterocycles. The van der Waals surface area contributed by atoms with Crippen molar-refractivity contribution in [3.8, 4) is 5.75 Å². The van der Waals surface area contributed by atoms with Crippen LogP contribution in [0.4, 0.5) is 0 Å². The van der Waals surface area contributed by atoms with Crippen molar-refractivity contribution < 1.29 is 22.7 Å². The highest BCUT2D eigenvalue weighted by Gasteiger charge is 2.15. The summed E-state index contributed by atoms with van der Waals surface area (Å²) >= 11 is 0. The van der Waals surface area contributed by atoms with Crippen molar-refractivity contribution in [1.29, 1.82) is 0 Å². The first kappa shape index (κ1) is 23.9. The summed E-state index contributed by atoms with van der Waals surface area (Å²) in [7, 11) is -2.10. The molecule has 0 aliphatic carbocycles. The lowest BCUT2D eigenvalue weighted by Crippen LogP contribution is -2.31. The Hall–Kier alpha value is -2.42. The highest BCUT2D eigenvalue weighted by Crippen LogP contribution is 2.22. The van der Waals surface area contributed by atoms with Crippen LogP contribution in [0.3, 0.4) is 0 Å². The maximum Gasteiger partial charge on any atom is 0.258 e. The summed E-state index contributed by atoms with van der Waals surface area (Å²) in [5.41, 5.74) is 4.60. The van der Waals surface area contributed by atoms with Crippen LogP contribution in [0.15, 0.2) is 41.3 Å². The highest BCUT2D eigenvalue weighted by molar-refractivity contribution is 7.89. The molecule has 8 heteroatoms. The van der Waals surface area contributed by atoms with E-state index in [1.54, 1.807) is 0 Å². The third kappa shape index (κ3) is 6.55. The number of carbonyl (C=O) groups excluding carboxylic acids is 1. The number of rotatable bonds is 10. The van der Waals surface area contributed by atoms with Gasteiger partial charge in [0.05, 0.1) is 17.5 Å². The molecule has 0 bridgehead atoms. The van der Waals surface area contributed by atoms with E-state index in [-0.39, 0.29) is 36.6 Å². The molecule has 0 radical (unpaired) electrons. The molecule has 2 aromatic carbocycles. The molecule has 0 heterocycles. The van der Waals surface area contributed by atoms with E-state index in [4.69, 9.17) is 9.47 Å². The first-order valence-electron chi connectivity index (χ1n) is 9.72. The molecule has 7 nitrogen and oxygen atoms in total. The molecule has 0 unspecified atom stereocenters. The van der Waals surface area contributed by atoms with Gasteiger partial charge in [-0.2, -0.15) is 0 Å². The van der Waals surface area contributed by atoms with Gasteiger partial charge in [0.15, 0.2) is 6.61 Å². The molecule has 0 fully saturated rings. The third-order valence-electron chi connectivity index (χ3n) is 4.83. The van der Waals surface area contributed by atoms with Gasteiger partial charge in [-0.05, 0) is 74.2 Å². The minimum absolute atomic E-state index is 0.120. The van der Waals surface area contributed by atoms with Crippen molar-refractivity contribution in [1.82, 2.24) is 10.0 Å². The highest BCUT2D eigenvalue weighted by atomic mass is 32.2. The van der Waals surface area contributed by atoms with Gasteiger partial charge in [0.2, 0.25) is 10.0 Å². The van der Waals surface area contributed by atoms with E-state index >= 15 is 0 Å². The second-order valence-corrected chi connectivity index (χ2v) is 9.00. The lowest BCUT2D eigenvalue weighted by atomic mass is 9.96. The standard InChI is InChI=1S/C22H30N2O5S/c1-15-12-17(3)21(13-16(15)2)18(4)24-22(25)14-29-19-6-8-20(9-7-19)30(26,27)23-10-11-28-5/h6-9,12-13,18,23H,10-11,14H2,1-5H3,(H,24,25)/t18-/m1/s1. The summed E-state index contributed by atoms with van der Waals surface area (Å²) in [5.74, 6) is 0.161. The van der Waals surface area contributed by atoms with Crippen LogP contribution in [0, 0.1) is 20.8 Å². The fourth-order valence-corrected chi connectivity index (χ4v) is 4.05. The normalized spacial score (nSPS) is 12.4. The molecule has 0 aliphatic heterocycles. The van der Waals surface area contributed by atoms with E-state index in [2.05, 4.69) is 29.1 Å². The maximum absolute atomic E-state index is 12.3. The molecule has 2 N–H and O–H groups in total. The third-order valence-corrected chi connectivity index (χ3v) is 6.31. The van der Waals surface area contributed by atoms with Gasteiger partial charge < -0.3 is 14.8 Å². The van der Waals surface area contributed by atoms with Crippen LogP contribution in [0.5, 0.6) is 5.75 Å². The molecule has 0 spiro atoms. The van der Waals surface area contributed by atoms with Gasteiger partial charge >= 0.3 is 0 Å². The van der Waals surface area contributed by atoms with Crippen molar-refractivity contribution in [3.63, 3.8) is 0 Å². The minimum Gasteiger partial charge on any atom is -0.484 e. The van der Waals surface area contributed by atoms with Gasteiger partial charge in [-0.15, -0.1) is 0 Å². The average molecular weight is 435 g/mol.